The van der Waals surface area contributed by atoms with Crippen LogP contribution in [0.5, 0.6) is 5.75 Å². The molecule has 0 aliphatic rings. The summed E-state index contributed by atoms with van der Waals surface area (Å²) < 4.78 is 6.84. The third-order valence-electron chi connectivity index (χ3n) is 2.58. The fraction of sp³-hybridized carbons (Fsp3) is 0.143. The van der Waals surface area contributed by atoms with Crippen molar-refractivity contribution < 1.29 is 14.6 Å². The van der Waals surface area contributed by atoms with Crippen molar-refractivity contribution in [3.63, 3.8) is 0 Å². The topological polar surface area (TPSA) is 64.3 Å². The van der Waals surface area contributed by atoms with E-state index in [4.69, 9.17) is 9.84 Å². The fourth-order valence-corrected chi connectivity index (χ4v) is 1.64. The van der Waals surface area contributed by atoms with Crippen LogP contribution in [0.2, 0.25) is 0 Å². The van der Waals surface area contributed by atoms with E-state index in [0.717, 1.165) is 23.0 Å². The van der Waals surface area contributed by atoms with Crippen LogP contribution < -0.4 is 4.74 Å². The highest BCUT2D eigenvalue weighted by atomic mass is 16.5. The molecular weight excluding hydrogens is 244 g/mol. The van der Waals surface area contributed by atoms with Crippen molar-refractivity contribution in [3.05, 3.63) is 53.9 Å². The molecule has 0 aliphatic heterocycles. The lowest BCUT2D eigenvalue weighted by Crippen LogP contribution is -1.99. The van der Waals surface area contributed by atoms with Gasteiger partial charge < -0.3 is 9.84 Å². The fourth-order valence-electron chi connectivity index (χ4n) is 1.64. The molecule has 0 atom stereocenters. The van der Waals surface area contributed by atoms with Crippen LogP contribution in [0.4, 0.5) is 0 Å². The minimum atomic E-state index is -0.970. The second-order valence-corrected chi connectivity index (χ2v) is 3.99. The highest BCUT2D eigenvalue weighted by Crippen LogP contribution is 2.12. The third-order valence-corrected chi connectivity index (χ3v) is 2.58. The molecule has 1 heterocycles. The molecule has 1 N–H and O–H groups in total. The van der Waals surface area contributed by atoms with Crippen molar-refractivity contribution in [2.24, 2.45) is 0 Å². The molecule has 0 radical (unpaired) electrons. The summed E-state index contributed by atoms with van der Waals surface area (Å²) in [6.07, 6.45) is 6.03. The first kappa shape index (κ1) is 12.9. The number of carbonyl (C=O) groups is 1. The van der Waals surface area contributed by atoms with E-state index in [1.54, 1.807) is 24.2 Å². The van der Waals surface area contributed by atoms with E-state index in [0.29, 0.717) is 6.54 Å². The van der Waals surface area contributed by atoms with E-state index in [1.807, 2.05) is 24.3 Å². The first-order valence-electron chi connectivity index (χ1n) is 5.74. The van der Waals surface area contributed by atoms with Crippen molar-refractivity contribution in [1.82, 2.24) is 9.78 Å². The molecule has 0 unspecified atom stereocenters. The molecule has 19 heavy (non-hydrogen) atoms. The van der Waals surface area contributed by atoms with Crippen LogP contribution in [0.3, 0.4) is 0 Å². The monoisotopic (exact) mass is 258 g/mol. The van der Waals surface area contributed by atoms with Gasteiger partial charge in [0.1, 0.15) is 5.75 Å². The molecule has 1 aromatic heterocycles. The molecule has 2 rings (SSSR count). The second-order valence-electron chi connectivity index (χ2n) is 3.99. The lowest BCUT2D eigenvalue weighted by Gasteiger charge is -2.03. The molecule has 5 nitrogen and oxygen atoms in total. The molecule has 0 fully saturated rings. The van der Waals surface area contributed by atoms with E-state index < -0.39 is 5.97 Å². The predicted molar refractivity (Wildman–Crippen MR) is 71.0 cm³/mol. The Labute approximate surface area is 110 Å². The highest BCUT2D eigenvalue weighted by molar-refractivity contribution is 5.85. The SMILES string of the molecule is COc1ccc(Cn2cc(/C=C/C(=O)O)cn2)cc1. The summed E-state index contributed by atoms with van der Waals surface area (Å²) in [4.78, 5) is 10.4. The molecule has 1 aromatic carbocycles. The standard InChI is InChI=1S/C14H14N2O3/c1-19-13-5-2-11(3-6-13)9-16-10-12(8-15-16)4-7-14(17)18/h2-8,10H,9H2,1H3,(H,17,18)/b7-4+. The third kappa shape index (κ3) is 3.70. The Morgan fingerprint density at radius 3 is 2.79 bits per heavy atom. The number of hydrogen-bond acceptors (Lipinski definition) is 3. The van der Waals surface area contributed by atoms with Crippen LogP contribution in [0.25, 0.3) is 6.08 Å². The van der Waals surface area contributed by atoms with E-state index in [1.165, 1.54) is 6.08 Å². The molecule has 98 valence electrons. The summed E-state index contributed by atoms with van der Waals surface area (Å²) >= 11 is 0. The van der Waals surface area contributed by atoms with E-state index in [-0.39, 0.29) is 0 Å². The number of aromatic nitrogens is 2. The van der Waals surface area contributed by atoms with E-state index >= 15 is 0 Å². The first-order chi connectivity index (χ1) is 9.17. The molecular formula is C14H14N2O3. The Hall–Kier alpha value is -2.56. The zero-order valence-electron chi connectivity index (χ0n) is 10.5. The van der Waals surface area contributed by atoms with Crippen LogP contribution in [0.1, 0.15) is 11.1 Å². The number of rotatable bonds is 5. The summed E-state index contributed by atoms with van der Waals surface area (Å²) in [6, 6.07) is 7.72. The number of nitrogens with zero attached hydrogens (tertiary/aromatic N) is 2. The Balaban J connectivity index is 2.04. The Kier molecular flexibility index (Phi) is 3.97. The average molecular weight is 258 g/mol. The molecule has 0 spiro atoms. The van der Waals surface area contributed by atoms with Gasteiger partial charge in [-0.1, -0.05) is 12.1 Å². The van der Waals surface area contributed by atoms with Crippen LogP contribution in [-0.2, 0) is 11.3 Å². The van der Waals surface area contributed by atoms with Crippen molar-refractivity contribution in [2.45, 2.75) is 6.54 Å². The van der Waals surface area contributed by atoms with Crippen molar-refractivity contribution in [3.8, 4) is 5.75 Å². The largest absolute Gasteiger partial charge is 0.497 e. The lowest BCUT2D eigenvalue weighted by atomic mass is 10.2. The van der Waals surface area contributed by atoms with Crippen LogP contribution in [0.15, 0.2) is 42.7 Å². The van der Waals surface area contributed by atoms with E-state index in [9.17, 15) is 4.79 Å². The van der Waals surface area contributed by atoms with Crippen molar-refractivity contribution in [2.75, 3.05) is 7.11 Å². The van der Waals surface area contributed by atoms with Gasteiger partial charge in [-0.25, -0.2) is 4.79 Å². The number of aliphatic carboxylic acids is 1. The molecule has 0 saturated carbocycles. The van der Waals surface area contributed by atoms with Gasteiger partial charge in [-0.05, 0) is 23.8 Å². The van der Waals surface area contributed by atoms with Gasteiger partial charge in [-0.15, -0.1) is 0 Å². The molecule has 0 saturated heterocycles. The maximum Gasteiger partial charge on any atom is 0.328 e. The maximum absolute atomic E-state index is 10.4. The second kappa shape index (κ2) is 5.86. The van der Waals surface area contributed by atoms with Gasteiger partial charge in [0.25, 0.3) is 0 Å². The van der Waals surface area contributed by atoms with Crippen LogP contribution in [-0.4, -0.2) is 28.0 Å². The Bertz CT molecular complexity index is 585. The van der Waals surface area contributed by atoms with Crippen LogP contribution in [0, 0.1) is 0 Å². The zero-order chi connectivity index (χ0) is 13.7. The van der Waals surface area contributed by atoms with Gasteiger partial charge in [0.05, 0.1) is 19.9 Å². The minimum Gasteiger partial charge on any atom is -0.497 e. The Morgan fingerprint density at radius 1 is 1.42 bits per heavy atom. The average Bonchev–Trinajstić information content (AvgIpc) is 2.85. The van der Waals surface area contributed by atoms with Gasteiger partial charge in [-0.3, -0.25) is 4.68 Å². The molecule has 0 aliphatic carbocycles. The number of carboxylic acid groups (broad SMARTS) is 1. The smallest absolute Gasteiger partial charge is 0.328 e. The van der Waals surface area contributed by atoms with Crippen molar-refractivity contribution in [1.29, 1.82) is 0 Å². The first-order valence-corrected chi connectivity index (χ1v) is 5.74. The van der Waals surface area contributed by atoms with E-state index in [2.05, 4.69) is 5.10 Å². The summed E-state index contributed by atoms with van der Waals surface area (Å²) in [7, 11) is 1.63. The van der Waals surface area contributed by atoms with Gasteiger partial charge in [0.15, 0.2) is 0 Å². The van der Waals surface area contributed by atoms with Crippen molar-refractivity contribution >= 4 is 12.0 Å². The summed E-state index contributed by atoms with van der Waals surface area (Å²) in [5.74, 6) is -0.155. The normalized spacial score (nSPS) is 10.8. The van der Waals surface area contributed by atoms with Gasteiger partial charge in [-0.2, -0.15) is 5.10 Å². The predicted octanol–water partition coefficient (Wildman–Crippen LogP) is 2.04. The number of methoxy groups -OCH3 is 1. The number of hydrogen-bond donors (Lipinski definition) is 1. The number of benzene rings is 1. The quantitative estimate of drug-likeness (QED) is 0.833. The minimum absolute atomic E-state index is 0.630. The van der Waals surface area contributed by atoms with Crippen LogP contribution >= 0.6 is 0 Å². The summed E-state index contributed by atoms with van der Waals surface area (Å²) in [6.45, 7) is 0.630. The lowest BCUT2D eigenvalue weighted by molar-refractivity contribution is -0.131. The molecule has 5 heteroatoms. The molecule has 0 amide bonds. The van der Waals surface area contributed by atoms with Gasteiger partial charge in [0, 0.05) is 17.8 Å². The van der Waals surface area contributed by atoms with Gasteiger partial charge in [0.2, 0.25) is 0 Å². The zero-order valence-corrected chi connectivity index (χ0v) is 10.5. The summed E-state index contributed by atoms with van der Waals surface area (Å²) in [5, 5.41) is 12.7. The van der Waals surface area contributed by atoms with Gasteiger partial charge >= 0.3 is 5.97 Å². The summed E-state index contributed by atoms with van der Waals surface area (Å²) in [5.41, 5.74) is 1.86. The maximum atomic E-state index is 10.4. The molecule has 2 aromatic rings. The highest BCUT2D eigenvalue weighted by Gasteiger charge is 1.99. The Morgan fingerprint density at radius 2 is 2.16 bits per heavy atom. The number of carboxylic acids is 1. The molecule has 0 bridgehead atoms. The number of ether oxygens (including phenoxy) is 1.